The molecule has 21 N–H and O–H groups in total. The van der Waals surface area contributed by atoms with E-state index in [-0.39, 0.29) is 12.3 Å². The summed E-state index contributed by atoms with van der Waals surface area (Å²) in [7, 11) is 0. The Hall–Kier alpha value is -3.05. The molecule has 6 rings (SSSR count). The Balaban J connectivity index is 1.18. The average molecular weight is 1650 g/mol. The molecule has 6 fully saturated rings. The summed E-state index contributed by atoms with van der Waals surface area (Å²) < 4.78 is 72.0. The van der Waals surface area contributed by atoms with E-state index in [0.717, 1.165) is 65.2 Å². The van der Waals surface area contributed by atoms with Crippen LogP contribution in [0.5, 0.6) is 0 Å². The maximum absolute atomic E-state index is 13.7. The van der Waals surface area contributed by atoms with Crippen molar-refractivity contribution in [1.29, 1.82) is 0 Å². The third-order valence-electron chi connectivity index (χ3n) is 22.2. The molecule has 0 aromatic carbocycles. The molecule has 114 heavy (non-hydrogen) atoms. The van der Waals surface area contributed by atoms with Gasteiger partial charge in [-0.05, 0) is 19.3 Å². The number of amides is 3. The van der Waals surface area contributed by atoms with Crippen LogP contribution in [-0.4, -0.2) is 352 Å². The first-order valence-electron chi connectivity index (χ1n) is 42.0. The van der Waals surface area contributed by atoms with Crippen LogP contribution in [0.1, 0.15) is 220 Å². The fourth-order valence-electron chi connectivity index (χ4n) is 15.4. The Bertz CT molecular complexity index is 2630. The highest BCUT2D eigenvalue weighted by molar-refractivity contribution is 5.76. The normalized spacial score (nSPS) is 36.8. The van der Waals surface area contributed by atoms with Crippen molar-refractivity contribution in [3.8, 4) is 0 Å². The van der Waals surface area contributed by atoms with E-state index in [1.165, 1.54) is 122 Å². The van der Waals surface area contributed by atoms with Gasteiger partial charge < -0.3 is 165 Å². The van der Waals surface area contributed by atoms with Crippen LogP contribution in [0.3, 0.4) is 0 Å². The van der Waals surface area contributed by atoms with Crippen molar-refractivity contribution in [3.05, 3.63) is 12.2 Å². The highest BCUT2D eigenvalue weighted by Crippen LogP contribution is 2.39. The van der Waals surface area contributed by atoms with E-state index in [9.17, 15) is 106 Å². The summed E-state index contributed by atoms with van der Waals surface area (Å²) in [5.74, 6) is -2.08. The summed E-state index contributed by atoms with van der Waals surface area (Å²) in [6, 6.07) is -4.75. The zero-order valence-electron chi connectivity index (χ0n) is 67.0. The van der Waals surface area contributed by atoms with E-state index in [1.54, 1.807) is 6.08 Å². The van der Waals surface area contributed by atoms with Gasteiger partial charge >= 0.3 is 0 Å². The standard InChI is InChI=1S/C78H141N3O33/c1-5-7-9-11-13-15-17-19-20-21-22-24-26-28-30-32-34-36-54(91)81-46(47(90)35-33-31-29-27-25-23-18-16-14-12-10-8-6-2)43-103-75-65(100)63(98)69(52(41-86)108-75)111-78-67(102)72(70(53(42-87)109-78)112-73-55(79-44(3)88)60(95)57(92)48(37-82)104-73)114-74-56(80-45(4)89)61(96)68(51(40-85)107-74)110-77-66(101)71(59(94)50(39-84)106-77)113-76-64(99)62(97)58(93)49(38-83)105-76/h33,35,46-53,55-78,82-87,90,92-102H,5-32,34,36-43H2,1-4H3,(H,79,88)(H,80,89)(H,81,91)/b35-33+/t46-,47+,48?,49?,50?,51?,52?,53?,55?,56?,57-,58-,59-,60+,61+,62-,63+,64?,65?,66?,67?,68+,69+,70-,71-,72+,73-,74-,75+,76-,77-,78-/m0/s1. The molecule has 666 valence electrons. The average Bonchev–Trinajstić information content (AvgIpc) is 0.761. The zero-order valence-corrected chi connectivity index (χ0v) is 67.0. The van der Waals surface area contributed by atoms with Crippen LogP contribution in [0, 0.1) is 0 Å². The maximum atomic E-state index is 13.7. The minimum atomic E-state index is -2.35. The predicted molar refractivity (Wildman–Crippen MR) is 403 cm³/mol. The number of hydrogen-bond acceptors (Lipinski definition) is 33. The smallest absolute Gasteiger partial charge is 0.220 e. The summed E-state index contributed by atoms with van der Waals surface area (Å²) in [4.78, 5) is 39.5. The predicted octanol–water partition coefficient (Wildman–Crippen LogP) is -1.64. The second kappa shape index (κ2) is 53.7. The van der Waals surface area contributed by atoms with Gasteiger partial charge in [-0.25, -0.2) is 0 Å². The highest BCUT2D eigenvalue weighted by Gasteiger charge is 2.59. The number of aliphatic hydroxyl groups is 18. The van der Waals surface area contributed by atoms with Gasteiger partial charge in [-0.15, -0.1) is 0 Å². The SMILES string of the molecule is CCCCCCCCCCCCC/C=C/[C@@H](O)[C@H](CO[C@@H]1OC(CO)[C@@H](O[C@@H]2OC(CO)[C@H](O[C@@H]3OC(CO)[C@H](O)[C@H](O)C3NC(C)=O)[C@H](O[C@@H]3OC(CO)[C@@H](O[C@@H]4OC(CO)[C@H](O)[C@H](O[C@@H]5OC(CO)[C@H](O)[C@H](O)C5O)C4O)[C@H](O)C3NC(C)=O)C2O)[C@H](O)C1O)NC(=O)CCCCCCCCCCCCCCCCCCC. The number of allylic oxidation sites excluding steroid dienone is 1. The highest BCUT2D eigenvalue weighted by atomic mass is 16.8. The third kappa shape index (κ3) is 30.5. The molecule has 12 unspecified atom stereocenters. The molecule has 36 heteroatoms. The number of aliphatic hydroxyl groups excluding tert-OH is 18. The first-order valence-corrected chi connectivity index (χ1v) is 42.0. The minimum Gasteiger partial charge on any atom is -0.394 e. The molecule has 6 saturated heterocycles. The summed E-state index contributed by atoms with van der Waals surface area (Å²) in [6.07, 6.45) is -19.4. The topological polar surface area (TPSA) is 562 Å². The summed E-state index contributed by atoms with van der Waals surface area (Å²) in [6.45, 7) is -0.137. The largest absolute Gasteiger partial charge is 0.394 e. The van der Waals surface area contributed by atoms with E-state index in [1.807, 2.05) is 6.08 Å². The zero-order chi connectivity index (χ0) is 83.4. The summed E-state index contributed by atoms with van der Waals surface area (Å²) in [5, 5.41) is 209. The number of unbranched alkanes of at least 4 members (excludes halogenated alkanes) is 27. The monoisotopic (exact) mass is 1650 g/mol. The number of carbonyl (C=O) groups is 3. The molecule has 0 aliphatic carbocycles. The van der Waals surface area contributed by atoms with Gasteiger partial charge in [-0.2, -0.15) is 0 Å². The lowest BCUT2D eigenvalue weighted by Gasteiger charge is -2.51. The molecular weight excluding hydrogens is 1510 g/mol. The number of hydrogen-bond donors (Lipinski definition) is 21. The Labute approximate surface area is 669 Å². The quantitative estimate of drug-likeness (QED) is 0.0240. The van der Waals surface area contributed by atoms with Crippen molar-refractivity contribution in [2.24, 2.45) is 0 Å². The molecule has 0 aromatic rings. The first-order chi connectivity index (χ1) is 54.8. The summed E-state index contributed by atoms with van der Waals surface area (Å²) >= 11 is 0. The lowest BCUT2D eigenvalue weighted by Crippen LogP contribution is -2.71. The van der Waals surface area contributed by atoms with Crippen LogP contribution in [0.2, 0.25) is 0 Å². The van der Waals surface area contributed by atoms with Gasteiger partial charge in [0.2, 0.25) is 17.7 Å². The van der Waals surface area contributed by atoms with Crippen LogP contribution in [0.4, 0.5) is 0 Å². The van der Waals surface area contributed by atoms with Gasteiger partial charge in [0.1, 0.15) is 146 Å². The fraction of sp³-hybridized carbons (Fsp3) is 0.936. The van der Waals surface area contributed by atoms with E-state index in [2.05, 4.69) is 29.8 Å². The second-order valence-electron chi connectivity index (χ2n) is 31.4. The van der Waals surface area contributed by atoms with E-state index in [4.69, 9.17) is 56.8 Å². The van der Waals surface area contributed by atoms with Crippen LogP contribution in [0.25, 0.3) is 0 Å². The number of ether oxygens (including phenoxy) is 12. The lowest BCUT2D eigenvalue weighted by molar-refractivity contribution is -0.397. The van der Waals surface area contributed by atoms with Crippen molar-refractivity contribution in [2.75, 3.05) is 46.2 Å². The van der Waals surface area contributed by atoms with Crippen LogP contribution in [-0.2, 0) is 71.2 Å². The van der Waals surface area contributed by atoms with Crippen molar-refractivity contribution < 1.29 is 163 Å². The molecule has 0 bridgehead atoms. The second-order valence-corrected chi connectivity index (χ2v) is 31.4. The molecule has 0 spiro atoms. The van der Waals surface area contributed by atoms with E-state index in [0.29, 0.717) is 12.8 Å². The van der Waals surface area contributed by atoms with Crippen LogP contribution < -0.4 is 16.0 Å². The number of nitrogens with one attached hydrogen (secondary N) is 3. The van der Waals surface area contributed by atoms with Gasteiger partial charge in [0.25, 0.3) is 0 Å². The van der Waals surface area contributed by atoms with Crippen LogP contribution in [0.15, 0.2) is 12.2 Å². The molecule has 6 aliphatic heterocycles. The molecule has 0 aromatic heterocycles. The third-order valence-corrected chi connectivity index (χ3v) is 22.2. The molecule has 0 saturated carbocycles. The Morgan fingerprint density at radius 1 is 0.342 bits per heavy atom. The Kier molecular flexibility index (Phi) is 47.0. The molecule has 6 aliphatic rings. The van der Waals surface area contributed by atoms with E-state index < -0.39 is 254 Å². The van der Waals surface area contributed by atoms with Crippen molar-refractivity contribution in [1.82, 2.24) is 16.0 Å². The molecule has 3 amide bonds. The number of rotatable bonds is 54. The first kappa shape index (κ1) is 99.8. The Morgan fingerprint density at radius 3 is 1.14 bits per heavy atom. The van der Waals surface area contributed by atoms with Crippen molar-refractivity contribution in [3.63, 3.8) is 0 Å². The van der Waals surface area contributed by atoms with Gasteiger partial charge in [0.15, 0.2) is 37.7 Å². The van der Waals surface area contributed by atoms with Crippen molar-refractivity contribution in [2.45, 2.75) is 417 Å². The van der Waals surface area contributed by atoms with Gasteiger partial charge in [0, 0.05) is 20.3 Å². The summed E-state index contributed by atoms with van der Waals surface area (Å²) in [5.41, 5.74) is 0. The molecule has 36 nitrogen and oxygen atoms in total. The van der Waals surface area contributed by atoms with Crippen LogP contribution >= 0.6 is 0 Å². The lowest BCUT2D eigenvalue weighted by atomic mass is 9.93. The molecular formula is C78H141N3O33. The molecule has 0 radical (unpaired) electrons. The minimum absolute atomic E-state index is 0.151. The molecule has 6 heterocycles. The Morgan fingerprint density at radius 2 is 0.675 bits per heavy atom. The maximum Gasteiger partial charge on any atom is 0.220 e. The van der Waals surface area contributed by atoms with Gasteiger partial charge in [0.05, 0.1) is 58.4 Å². The number of carbonyl (C=O) groups excluding carboxylic acids is 3. The fourth-order valence-corrected chi connectivity index (χ4v) is 15.4. The van der Waals surface area contributed by atoms with Gasteiger partial charge in [-0.1, -0.05) is 193 Å². The molecule has 32 atom stereocenters. The van der Waals surface area contributed by atoms with Crippen molar-refractivity contribution >= 4 is 17.7 Å². The van der Waals surface area contributed by atoms with Gasteiger partial charge in [-0.3, -0.25) is 14.4 Å². The van der Waals surface area contributed by atoms with E-state index >= 15 is 0 Å².